The zero-order valence-electron chi connectivity index (χ0n) is 10.4. The van der Waals surface area contributed by atoms with Gasteiger partial charge in [0.2, 0.25) is 6.79 Å². The molecule has 0 spiro atoms. The van der Waals surface area contributed by atoms with Gasteiger partial charge in [-0.25, -0.2) is 0 Å². The molecule has 3 rings (SSSR count). The number of benzene rings is 1. The van der Waals surface area contributed by atoms with E-state index in [1.54, 1.807) is 24.3 Å². The fourth-order valence-corrected chi connectivity index (χ4v) is 2.39. The van der Waals surface area contributed by atoms with E-state index < -0.39 is 5.54 Å². The van der Waals surface area contributed by atoms with Crippen LogP contribution < -0.4 is 15.2 Å². The van der Waals surface area contributed by atoms with Crippen LogP contribution in [0.4, 0.5) is 0 Å². The third-order valence-corrected chi connectivity index (χ3v) is 3.40. The van der Waals surface area contributed by atoms with E-state index in [0.717, 1.165) is 0 Å². The summed E-state index contributed by atoms with van der Waals surface area (Å²) >= 11 is 0. The molecule has 0 radical (unpaired) electrons. The van der Waals surface area contributed by atoms with Crippen molar-refractivity contribution in [3.63, 3.8) is 0 Å². The Bertz CT molecular complexity index is 653. The van der Waals surface area contributed by atoms with Gasteiger partial charge in [0.25, 0.3) is 0 Å². The lowest BCUT2D eigenvalue weighted by Gasteiger charge is -2.29. The Labute approximate surface area is 114 Å². The molecule has 1 aromatic rings. The second-order valence-corrected chi connectivity index (χ2v) is 4.60. The highest BCUT2D eigenvalue weighted by molar-refractivity contribution is 5.54. The maximum Gasteiger partial charge on any atom is 0.231 e. The first kappa shape index (κ1) is 12.5. The summed E-state index contributed by atoms with van der Waals surface area (Å²) in [5.41, 5.74) is 6.06. The molecule has 1 aliphatic heterocycles. The van der Waals surface area contributed by atoms with E-state index in [1.165, 1.54) is 6.08 Å². The summed E-state index contributed by atoms with van der Waals surface area (Å²) in [7, 11) is 0. The molecular formula is C13H11N3O4. The molecule has 1 heterocycles. The van der Waals surface area contributed by atoms with Crippen molar-refractivity contribution in [3.05, 3.63) is 57.1 Å². The van der Waals surface area contributed by atoms with E-state index in [1.807, 2.05) is 0 Å². The number of fused-ring (bicyclic) bond motifs is 1. The third kappa shape index (κ3) is 1.79. The Kier molecular flexibility index (Phi) is 2.83. The van der Waals surface area contributed by atoms with Gasteiger partial charge in [0, 0.05) is 12.0 Å². The zero-order valence-corrected chi connectivity index (χ0v) is 10.4. The molecular weight excluding hydrogens is 262 g/mol. The fraction of sp³-hybridized carbons (Fsp3) is 0.231. The van der Waals surface area contributed by atoms with Gasteiger partial charge in [0.05, 0.1) is 5.54 Å². The molecule has 0 aromatic heterocycles. The first-order valence-corrected chi connectivity index (χ1v) is 5.95. The summed E-state index contributed by atoms with van der Waals surface area (Å²) in [6.07, 6.45) is 3.10. The van der Waals surface area contributed by atoms with Crippen LogP contribution >= 0.6 is 0 Å². The molecule has 0 amide bonds. The van der Waals surface area contributed by atoms with Crippen molar-refractivity contribution in [2.75, 3.05) is 6.79 Å². The van der Waals surface area contributed by atoms with Gasteiger partial charge >= 0.3 is 0 Å². The van der Waals surface area contributed by atoms with Crippen LogP contribution in [0.25, 0.3) is 0 Å². The molecule has 2 N–H and O–H groups in total. The maximum absolute atomic E-state index is 10.8. The molecule has 102 valence electrons. The SMILES string of the molecule is NC1(c2cccc3c2OCO3)C=CC(N=O)=C(N=O)C1. The highest BCUT2D eigenvalue weighted by Crippen LogP contribution is 2.44. The quantitative estimate of drug-likeness (QED) is 0.851. The number of hydrogen-bond acceptors (Lipinski definition) is 7. The molecule has 0 fully saturated rings. The van der Waals surface area contributed by atoms with Crippen LogP contribution in [0.1, 0.15) is 12.0 Å². The standard InChI is InChI=1S/C13H11N3O4/c14-13(5-4-9(15-17)10(6-13)16-18)8-2-1-3-11-12(8)20-7-19-11/h1-5H,6-7,14H2. The molecule has 1 atom stereocenters. The van der Waals surface area contributed by atoms with Crippen LogP contribution in [0.3, 0.4) is 0 Å². The van der Waals surface area contributed by atoms with Crippen molar-refractivity contribution >= 4 is 0 Å². The summed E-state index contributed by atoms with van der Waals surface area (Å²) in [4.78, 5) is 21.5. The highest BCUT2D eigenvalue weighted by Gasteiger charge is 2.35. The molecule has 0 saturated carbocycles. The number of rotatable bonds is 3. The van der Waals surface area contributed by atoms with Crippen molar-refractivity contribution in [2.45, 2.75) is 12.0 Å². The monoisotopic (exact) mass is 273 g/mol. The van der Waals surface area contributed by atoms with E-state index >= 15 is 0 Å². The molecule has 7 nitrogen and oxygen atoms in total. The topological polar surface area (TPSA) is 103 Å². The van der Waals surface area contributed by atoms with Crippen molar-refractivity contribution in [1.82, 2.24) is 0 Å². The number of allylic oxidation sites excluding steroid dienone is 1. The van der Waals surface area contributed by atoms with Gasteiger partial charge in [0.15, 0.2) is 11.5 Å². The normalized spacial score (nSPS) is 23.9. The van der Waals surface area contributed by atoms with E-state index in [-0.39, 0.29) is 24.6 Å². The van der Waals surface area contributed by atoms with Crippen LogP contribution in [-0.2, 0) is 5.54 Å². The fourth-order valence-electron chi connectivity index (χ4n) is 2.39. The van der Waals surface area contributed by atoms with Crippen molar-refractivity contribution in [2.24, 2.45) is 16.1 Å². The highest BCUT2D eigenvalue weighted by atomic mass is 16.7. The number of hydrogen-bond donors (Lipinski definition) is 1. The minimum Gasteiger partial charge on any atom is -0.454 e. The summed E-state index contributed by atoms with van der Waals surface area (Å²) in [5.74, 6) is 1.15. The first-order valence-electron chi connectivity index (χ1n) is 5.95. The molecule has 0 bridgehead atoms. The van der Waals surface area contributed by atoms with Gasteiger partial charge in [-0.2, -0.15) is 0 Å². The number of ether oxygens (including phenoxy) is 2. The van der Waals surface area contributed by atoms with E-state index in [2.05, 4.69) is 10.4 Å². The molecule has 0 saturated heterocycles. The van der Waals surface area contributed by atoms with Gasteiger partial charge in [-0.3, -0.25) is 0 Å². The number of nitrogens with two attached hydrogens (primary N) is 1. The Balaban J connectivity index is 2.06. The first-order chi connectivity index (χ1) is 9.68. The summed E-state index contributed by atoms with van der Waals surface area (Å²) < 4.78 is 10.7. The Hall–Kier alpha value is -2.54. The lowest BCUT2D eigenvalue weighted by molar-refractivity contribution is 0.172. The summed E-state index contributed by atoms with van der Waals surface area (Å²) in [6, 6.07) is 5.35. The number of nitroso groups, excluding NO2 is 2. The minimum absolute atomic E-state index is 0.00539. The average Bonchev–Trinajstić information content (AvgIpc) is 2.95. The third-order valence-electron chi connectivity index (χ3n) is 3.40. The van der Waals surface area contributed by atoms with E-state index in [0.29, 0.717) is 17.1 Å². The average molecular weight is 273 g/mol. The predicted molar refractivity (Wildman–Crippen MR) is 70.8 cm³/mol. The van der Waals surface area contributed by atoms with E-state index in [4.69, 9.17) is 15.2 Å². The van der Waals surface area contributed by atoms with Gasteiger partial charge in [-0.1, -0.05) is 18.2 Å². The lowest BCUT2D eigenvalue weighted by atomic mass is 9.82. The van der Waals surface area contributed by atoms with Crippen LogP contribution in [0.2, 0.25) is 0 Å². The van der Waals surface area contributed by atoms with Gasteiger partial charge in [-0.15, -0.1) is 9.81 Å². The molecule has 20 heavy (non-hydrogen) atoms. The number of para-hydroxylation sites is 1. The van der Waals surface area contributed by atoms with Crippen molar-refractivity contribution < 1.29 is 9.47 Å². The summed E-state index contributed by atoms with van der Waals surface area (Å²) in [6.45, 7) is 0.127. The van der Waals surface area contributed by atoms with Crippen molar-refractivity contribution in [1.29, 1.82) is 0 Å². The molecule has 1 aliphatic carbocycles. The predicted octanol–water partition coefficient (Wildman–Crippen LogP) is 2.27. The van der Waals surface area contributed by atoms with Crippen LogP contribution in [0, 0.1) is 9.81 Å². The van der Waals surface area contributed by atoms with Gasteiger partial charge < -0.3 is 15.2 Å². The molecule has 7 heteroatoms. The lowest BCUT2D eigenvalue weighted by Crippen LogP contribution is -2.36. The van der Waals surface area contributed by atoms with Crippen LogP contribution in [0.5, 0.6) is 11.5 Å². The number of nitrogens with zero attached hydrogens (tertiary/aromatic N) is 2. The van der Waals surface area contributed by atoms with Gasteiger partial charge in [-0.05, 0) is 22.5 Å². The maximum atomic E-state index is 10.8. The van der Waals surface area contributed by atoms with E-state index in [9.17, 15) is 9.81 Å². The molecule has 2 aliphatic rings. The van der Waals surface area contributed by atoms with Gasteiger partial charge in [0.1, 0.15) is 11.4 Å². The van der Waals surface area contributed by atoms with Crippen LogP contribution in [0.15, 0.2) is 52.1 Å². The second-order valence-electron chi connectivity index (χ2n) is 4.60. The van der Waals surface area contributed by atoms with Crippen LogP contribution in [-0.4, -0.2) is 6.79 Å². The Morgan fingerprint density at radius 1 is 1.20 bits per heavy atom. The molecule has 1 unspecified atom stereocenters. The summed E-state index contributed by atoms with van der Waals surface area (Å²) in [5, 5.41) is 5.62. The smallest absolute Gasteiger partial charge is 0.231 e. The Morgan fingerprint density at radius 3 is 2.80 bits per heavy atom. The largest absolute Gasteiger partial charge is 0.454 e. The second kappa shape index (κ2) is 4.53. The zero-order chi connectivity index (χ0) is 14.2. The van der Waals surface area contributed by atoms with Crippen molar-refractivity contribution in [3.8, 4) is 11.5 Å². The Morgan fingerprint density at radius 2 is 2.05 bits per heavy atom. The minimum atomic E-state index is -0.990. The molecule has 1 aromatic carbocycles.